The first kappa shape index (κ1) is 18.0. The highest BCUT2D eigenvalue weighted by molar-refractivity contribution is 6.02. The van der Waals surface area contributed by atoms with Gasteiger partial charge >= 0.3 is 5.97 Å². The van der Waals surface area contributed by atoms with Gasteiger partial charge in [0.1, 0.15) is 6.42 Å². The van der Waals surface area contributed by atoms with Gasteiger partial charge in [-0.3, -0.25) is 14.4 Å². The zero-order valence-electron chi connectivity index (χ0n) is 14.0. The Morgan fingerprint density at radius 2 is 1.92 bits per heavy atom. The molecule has 1 aliphatic carbocycles. The molecule has 6 nitrogen and oxygen atoms in total. The van der Waals surface area contributed by atoms with Gasteiger partial charge in [-0.1, -0.05) is 25.3 Å². The van der Waals surface area contributed by atoms with Crippen molar-refractivity contribution in [2.75, 3.05) is 11.9 Å². The van der Waals surface area contributed by atoms with Gasteiger partial charge in [0.15, 0.2) is 0 Å². The van der Waals surface area contributed by atoms with E-state index in [0.717, 1.165) is 25.7 Å². The highest BCUT2D eigenvalue weighted by Gasteiger charge is 2.17. The Morgan fingerprint density at radius 3 is 2.62 bits per heavy atom. The van der Waals surface area contributed by atoms with E-state index in [1.807, 2.05) is 0 Å². The molecule has 0 spiro atoms. The zero-order chi connectivity index (χ0) is 17.4. The van der Waals surface area contributed by atoms with Crippen LogP contribution in [0.1, 0.15) is 55.8 Å². The highest BCUT2D eigenvalue weighted by Crippen LogP contribution is 2.18. The van der Waals surface area contributed by atoms with E-state index in [9.17, 15) is 14.4 Å². The number of ether oxygens (including phenoxy) is 1. The lowest BCUT2D eigenvalue weighted by molar-refractivity contribution is -0.145. The van der Waals surface area contributed by atoms with Gasteiger partial charge in [0.25, 0.3) is 5.91 Å². The van der Waals surface area contributed by atoms with Crippen molar-refractivity contribution < 1.29 is 19.1 Å². The number of benzene rings is 1. The predicted molar refractivity (Wildman–Crippen MR) is 90.7 cm³/mol. The second-order valence-electron chi connectivity index (χ2n) is 5.92. The summed E-state index contributed by atoms with van der Waals surface area (Å²) in [4.78, 5) is 35.4. The zero-order valence-corrected chi connectivity index (χ0v) is 14.0. The molecule has 2 amide bonds. The molecule has 0 atom stereocenters. The first-order chi connectivity index (χ1) is 11.6. The summed E-state index contributed by atoms with van der Waals surface area (Å²) in [5, 5.41) is 5.65. The van der Waals surface area contributed by atoms with Crippen molar-refractivity contribution in [1.29, 1.82) is 0 Å². The maximum atomic E-state index is 12.3. The van der Waals surface area contributed by atoms with E-state index in [4.69, 9.17) is 4.74 Å². The van der Waals surface area contributed by atoms with E-state index in [1.165, 1.54) is 6.42 Å². The van der Waals surface area contributed by atoms with Crippen molar-refractivity contribution in [2.45, 2.75) is 51.5 Å². The van der Waals surface area contributed by atoms with Gasteiger partial charge in [-0.15, -0.1) is 0 Å². The van der Waals surface area contributed by atoms with Crippen LogP contribution in [0.3, 0.4) is 0 Å². The topological polar surface area (TPSA) is 84.5 Å². The molecule has 0 heterocycles. The smallest absolute Gasteiger partial charge is 0.315 e. The minimum Gasteiger partial charge on any atom is -0.466 e. The number of carbonyl (C=O) groups excluding carboxylic acids is 3. The summed E-state index contributed by atoms with van der Waals surface area (Å²) in [5.74, 6) is -1.16. The van der Waals surface area contributed by atoms with Crippen LogP contribution >= 0.6 is 0 Å². The molecule has 24 heavy (non-hydrogen) atoms. The van der Waals surface area contributed by atoms with Crippen LogP contribution in [0.2, 0.25) is 0 Å². The fraction of sp³-hybridized carbons (Fsp3) is 0.500. The van der Waals surface area contributed by atoms with Crippen molar-refractivity contribution in [1.82, 2.24) is 5.32 Å². The molecule has 1 fully saturated rings. The molecule has 1 aliphatic rings. The van der Waals surface area contributed by atoms with Crippen molar-refractivity contribution in [3.63, 3.8) is 0 Å². The summed E-state index contributed by atoms with van der Waals surface area (Å²) in [7, 11) is 0. The lowest BCUT2D eigenvalue weighted by Gasteiger charge is -2.22. The molecule has 2 rings (SSSR count). The van der Waals surface area contributed by atoms with Crippen LogP contribution in [0.4, 0.5) is 5.69 Å². The molecule has 0 aromatic heterocycles. The maximum absolute atomic E-state index is 12.3. The molecule has 0 saturated heterocycles. The first-order valence-corrected chi connectivity index (χ1v) is 8.45. The van der Waals surface area contributed by atoms with E-state index < -0.39 is 11.9 Å². The number of anilines is 1. The standard InChI is InChI=1S/C18H24N2O4/c1-2-24-17(22)12-16(21)19-15-10-6-7-13(11-15)18(23)20-14-8-4-3-5-9-14/h6-7,10-11,14H,2-5,8-9,12H2,1H3,(H,19,21)(H,20,23). The molecule has 0 aliphatic heterocycles. The Morgan fingerprint density at radius 1 is 1.17 bits per heavy atom. The normalized spacial score (nSPS) is 14.7. The van der Waals surface area contributed by atoms with Crippen LogP contribution in [0.5, 0.6) is 0 Å². The quantitative estimate of drug-likeness (QED) is 0.619. The molecule has 1 aromatic rings. The predicted octanol–water partition coefficient (Wildman–Crippen LogP) is 2.64. The Bertz CT molecular complexity index is 594. The molecule has 1 saturated carbocycles. The summed E-state index contributed by atoms with van der Waals surface area (Å²) >= 11 is 0. The van der Waals surface area contributed by atoms with E-state index in [0.29, 0.717) is 11.3 Å². The number of rotatable bonds is 6. The van der Waals surface area contributed by atoms with Gasteiger partial charge in [0.05, 0.1) is 6.61 Å². The van der Waals surface area contributed by atoms with Gasteiger partial charge in [-0.2, -0.15) is 0 Å². The molecule has 6 heteroatoms. The number of esters is 1. The second-order valence-corrected chi connectivity index (χ2v) is 5.92. The molecular formula is C18H24N2O4. The fourth-order valence-electron chi connectivity index (χ4n) is 2.80. The number of hydrogen-bond donors (Lipinski definition) is 2. The summed E-state index contributed by atoms with van der Waals surface area (Å²) in [6.07, 6.45) is 5.22. The van der Waals surface area contributed by atoms with E-state index >= 15 is 0 Å². The van der Waals surface area contributed by atoms with Crippen LogP contribution in [0.25, 0.3) is 0 Å². The molecule has 1 aromatic carbocycles. The van der Waals surface area contributed by atoms with Gasteiger partial charge in [-0.05, 0) is 38.0 Å². The average Bonchev–Trinajstić information content (AvgIpc) is 2.56. The third kappa shape index (κ3) is 5.68. The number of nitrogens with one attached hydrogen (secondary N) is 2. The summed E-state index contributed by atoms with van der Waals surface area (Å²) in [6.45, 7) is 1.92. The van der Waals surface area contributed by atoms with E-state index in [-0.39, 0.29) is 25.0 Å². The number of carbonyl (C=O) groups is 3. The van der Waals surface area contributed by atoms with Crippen LogP contribution in [0, 0.1) is 0 Å². The van der Waals surface area contributed by atoms with Crippen LogP contribution in [-0.4, -0.2) is 30.4 Å². The van der Waals surface area contributed by atoms with E-state index in [2.05, 4.69) is 10.6 Å². The third-order valence-corrected chi connectivity index (χ3v) is 3.96. The van der Waals surface area contributed by atoms with Crippen LogP contribution in [-0.2, 0) is 14.3 Å². The molecule has 0 unspecified atom stereocenters. The van der Waals surface area contributed by atoms with Crippen molar-refractivity contribution in [2.24, 2.45) is 0 Å². The minimum atomic E-state index is -0.568. The summed E-state index contributed by atoms with van der Waals surface area (Å²) in [5.41, 5.74) is 0.982. The number of hydrogen-bond acceptors (Lipinski definition) is 4. The molecular weight excluding hydrogens is 308 g/mol. The molecule has 0 bridgehead atoms. The van der Waals surface area contributed by atoms with Crippen LogP contribution < -0.4 is 10.6 Å². The fourth-order valence-corrected chi connectivity index (χ4v) is 2.80. The van der Waals surface area contributed by atoms with Gasteiger partial charge in [0.2, 0.25) is 5.91 Å². The van der Waals surface area contributed by atoms with Gasteiger partial charge in [0, 0.05) is 17.3 Å². The lowest BCUT2D eigenvalue weighted by Crippen LogP contribution is -2.36. The first-order valence-electron chi connectivity index (χ1n) is 8.45. The lowest BCUT2D eigenvalue weighted by atomic mass is 9.95. The van der Waals surface area contributed by atoms with Gasteiger partial charge in [-0.25, -0.2) is 0 Å². The maximum Gasteiger partial charge on any atom is 0.315 e. The van der Waals surface area contributed by atoms with Crippen molar-refractivity contribution >= 4 is 23.5 Å². The Kier molecular flexibility index (Phi) is 6.78. The van der Waals surface area contributed by atoms with Crippen LogP contribution in [0.15, 0.2) is 24.3 Å². The number of amides is 2. The van der Waals surface area contributed by atoms with Gasteiger partial charge < -0.3 is 15.4 Å². The van der Waals surface area contributed by atoms with Crippen molar-refractivity contribution in [3.8, 4) is 0 Å². The largest absolute Gasteiger partial charge is 0.466 e. The van der Waals surface area contributed by atoms with E-state index in [1.54, 1.807) is 31.2 Å². The summed E-state index contributed by atoms with van der Waals surface area (Å²) in [6, 6.07) is 6.93. The highest BCUT2D eigenvalue weighted by atomic mass is 16.5. The van der Waals surface area contributed by atoms with Crippen molar-refractivity contribution in [3.05, 3.63) is 29.8 Å². The molecule has 0 radical (unpaired) electrons. The molecule has 130 valence electrons. The second kappa shape index (κ2) is 9.05. The average molecular weight is 332 g/mol. The Hall–Kier alpha value is -2.37. The Labute approximate surface area is 142 Å². The third-order valence-electron chi connectivity index (χ3n) is 3.96. The SMILES string of the molecule is CCOC(=O)CC(=O)Nc1cccc(C(=O)NC2CCCCC2)c1. The summed E-state index contributed by atoms with van der Waals surface area (Å²) < 4.78 is 4.73. The minimum absolute atomic E-state index is 0.136. The Balaban J connectivity index is 1.91. The molecule has 2 N–H and O–H groups in total. The monoisotopic (exact) mass is 332 g/mol.